The van der Waals surface area contributed by atoms with Gasteiger partial charge in [-0.15, -0.1) is 0 Å². The van der Waals surface area contributed by atoms with Crippen LogP contribution < -0.4 is 0 Å². The van der Waals surface area contributed by atoms with Gasteiger partial charge in [-0.1, -0.05) is 109 Å². The fourth-order valence-corrected chi connectivity index (χ4v) is 9.00. The van der Waals surface area contributed by atoms with Crippen LogP contribution in [0.5, 0.6) is 0 Å². The van der Waals surface area contributed by atoms with Gasteiger partial charge in [-0.25, -0.2) is 0 Å². The molecular weight excluding hydrogens is 476 g/mol. The maximum Gasteiger partial charge on any atom is 0.681 e. The number of rotatable bonds is 20. The molecule has 0 aromatic heterocycles. The normalized spacial score (nSPS) is 24.0. The van der Waals surface area contributed by atoms with Gasteiger partial charge in [-0.05, 0) is 77.0 Å². The largest absolute Gasteiger partial charge is 0.681 e. The lowest BCUT2D eigenvalue weighted by Gasteiger charge is -2.52. The molecule has 0 aromatic rings. The van der Waals surface area contributed by atoms with Crippen LogP contribution in [0.15, 0.2) is 0 Å². The molecule has 0 amide bonds. The first-order chi connectivity index (χ1) is 17.0. The van der Waals surface area contributed by atoms with E-state index in [-0.39, 0.29) is 0 Å². The zero-order chi connectivity index (χ0) is 29.3. The van der Waals surface area contributed by atoms with E-state index >= 15 is 0 Å². The summed E-state index contributed by atoms with van der Waals surface area (Å²) in [5, 5.41) is 0. The number of hydrogen-bond acceptors (Lipinski definition) is 4. The van der Waals surface area contributed by atoms with Crippen molar-refractivity contribution in [3.8, 4) is 0 Å². The summed E-state index contributed by atoms with van der Waals surface area (Å²) in [6.45, 7) is 36.0. The Kier molecular flexibility index (Phi) is 15.2. The van der Waals surface area contributed by atoms with Gasteiger partial charge >= 0.3 is 9.05 Å². The molecule has 4 nitrogen and oxygen atoms in total. The summed E-state index contributed by atoms with van der Waals surface area (Å²) in [7, 11) is -3.74. The van der Waals surface area contributed by atoms with Crippen LogP contribution in [-0.4, -0.2) is 31.5 Å². The van der Waals surface area contributed by atoms with E-state index < -0.39 is 31.5 Å². The van der Waals surface area contributed by atoms with Crippen molar-refractivity contribution in [1.82, 2.24) is 0 Å². The minimum Gasteiger partial charge on any atom is -0.345 e. The standard InChI is InChI=1S/C32H68O4Si/c1-17-25(9)29(13,21-5)33-37(34-30(14,22-6)26(10)18-2,35-31(15,23-7)27(11)19-3)36-32(16,24-8)28(12)20-4/h25-28H,17-24H2,1-16H3. The maximum absolute atomic E-state index is 7.38. The fraction of sp³-hybridized carbons (Fsp3) is 1.00. The van der Waals surface area contributed by atoms with E-state index in [0.29, 0.717) is 23.7 Å². The van der Waals surface area contributed by atoms with Crippen LogP contribution in [0.4, 0.5) is 0 Å². The minimum absolute atomic E-state index is 0.338. The van der Waals surface area contributed by atoms with Gasteiger partial charge in [0.15, 0.2) is 0 Å². The Hall–Kier alpha value is 0.0569. The van der Waals surface area contributed by atoms with Crippen LogP contribution in [-0.2, 0) is 17.7 Å². The van der Waals surface area contributed by atoms with Crippen molar-refractivity contribution in [3.05, 3.63) is 0 Å². The Morgan fingerprint density at radius 3 is 0.676 bits per heavy atom. The smallest absolute Gasteiger partial charge is 0.345 e. The molecule has 0 aliphatic heterocycles. The molecule has 0 aliphatic rings. The molecule has 0 N–H and O–H groups in total. The minimum atomic E-state index is -3.74. The fourth-order valence-electron chi connectivity index (χ4n) is 5.08. The van der Waals surface area contributed by atoms with Crippen LogP contribution in [0.3, 0.4) is 0 Å². The van der Waals surface area contributed by atoms with Crippen LogP contribution in [0.25, 0.3) is 0 Å². The summed E-state index contributed by atoms with van der Waals surface area (Å²) in [5.41, 5.74) is -1.67. The first-order valence-electron chi connectivity index (χ1n) is 15.8. The Morgan fingerprint density at radius 1 is 0.405 bits per heavy atom. The molecule has 0 saturated heterocycles. The maximum atomic E-state index is 7.38. The first kappa shape index (κ1) is 37.1. The van der Waals surface area contributed by atoms with Gasteiger partial charge in [-0.2, -0.15) is 0 Å². The van der Waals surface area contributed by atoms with Crippen molar-refractivity contribution in [2.45, 2.75) is 185 Å². The van der Waals surface area contributed by atoms with E-state index in [4.69, 9.17) is 17.7 Å². The van der Waals surface area contributed by atoms with Crippen molar-refractivity contribution in [3.63, 3.8) is 0 Å². The number of hydrogen-bond donors (Lipinski definition) is 0. The summed E-state index contributed by atoms with van der Waals surface area (Å²) in [6.07, 6.45) is 7.59. The van der Waals surface area contributed by atoms with Gasteiger partial charge in [-0.3, -0.25) is 0 Å². The summed E-state index contributed by atoms with van der Waals surface area (Å²) in [6, 6.07) is 0. The van der Waals surface area contributed by atoms with Crippen molar-refractivity contribution < 1.29 is 17.7 Å². The molecule has 0 spiro atoms. The van der Waals surface area contributed by atoms with E-state index in [2.05, 4.69) is 111 Å². The predicted molar refractivity (Wildman–Crippen MR) is 163 cm³/mol. The van der Waals surface area contributed by atoms with Crippen LogP contribution in [0.1, 0.15) is 162 Å². The molecular formula is C32H68O4Si. The molecule has 0 fully saturated rings. The Labute approximate surface area is 234 Å². The highest BCUT2D eigenvalue weighted by atomic mass is 28.4. The van der Waals surface area contributed by atoms with Crippen LogP contribution in [0, 0.1) is 23.7 Å². The quantitative estimate of drug-likeness (QED) is 0.143. The van der Waals surface area contributed by atoms with E-state index in [1.807, 2.05) is 0 Å². The molecule has 0 aromatic carbocycles. The Bertz CT molecular complexity index is 535. The summed E-state index contributed by atoms with van der Waals surface area (Å²) in [4.78, 5) is 0. The lowest BCUT2D eigenvalue weighted by atomic mass is 9.86. The summed E-state index contributed by atoms with van der Waals surface area (Å²) >= 11 is 0. The van der Waals surface area contributed by atoms with E-state index in [9.17, 15) is 0 Å². The molecule has 0 radical (unpaired) electrons. The van der Waals surface area contributed by atoms with Crippen molar-refractivity contribution in [2.75, 3.05) is 0 Å². The average Bonchev–Trinajstić information content (AvgIpc) is 2.90. The molecule has 0 rings (SSSR count). The lowest BCUT2D eigenvalue weighted by Crippen LogP contribution is -2.67. The van der Waals surface area contributed by atoms with E-state index in [0.717, 1.165) is 51.4 Å². The monoisotopic (exact) mass is 544 g/mol. The van der Waals surface area contributed by atoms with Gasteiger partial charge in [0.2, 0.25) is 0 Å². The molecule has 37 heavy (non-hydrogen) atoms. The SMILES string of the molecule is CCC(C)C(C)(CC)O[Si](OC(C)(CC)C(C)CC)(OC(C)(CC)C(C)CC)OC(C)(CC)C(C)CC. The molecule has 224 valence electrons. The van der Waals surface area contributed by atoms with Gasteiger partial charge in [0.05, 0.1) is 22.4 Å². The molecule has 0 saturated carbocycles. The highest BCUT2D eigenvalue weighted by Crippen LogP contribution is 2.44. The van der Waals surface area contributed by atoms with Crippen molar-refractivity contribution in [2.24, 2.45) is 23.7 Å². The highest BCUT2D eigenvalue weighted by Gasteiger charge is 2.62. The third-order valence-electron chi connectivity index (χ3n) is 10.9. The summed E-state index contributed by atoms with van der Waals surface area (Å²) < 4.78 is 29.5. The van der Waals surface area contributed by atoms with Crippen LogP contribution in [0.2, 0.25) is 0 Å². The van der Waals surface area contributed by atoms with Gasteiger partial charge < -0.3 is 17.7 Å². The third-order valence-corrected chi connectivity index (χ3v) is 13.7. The molecule has 5 heteroatoms. The van der Waals surface area contributed by atoms with Crippen molar-refractivity contribution >= 4 is 9.05 Å². The molecule has 0 heterocycles. The zero-order valence-electron chi connectivity index (χ0n) is 28.1. The lowest BCUT2D eigenvalue weighted by molar-refractivity contribution is -0.207. The second-order valence-corrected chi connectivity index (χ2v) is 14.6. The molecule has 8 unspecified atom stereocenters. The first-order valence-corrected chi connectivity index (χ1v) is 17.4. The predicted octanol–water partition coefficient (Wildman–Crippen LogP) is 10.3. The van der Waals surface area contributed by atoms with Gasteiger partial charge in [0.25, 0.3) is 0 Å². The molecule has 0 aliphatic carbocycles. The van der Waals surface area contributed by atoms with Crippen LogP contribution >= 0.6 is 0 Å². The second-order valence-electron chi connectivity index (χ2n) is 12.8. The molecule has 0 bridgehead atoms. The van der Waals surface area contributed by atoms with Gasteiger partial charge in [0, 0.05) is 0 Å². The Balaban J connectivity index is 7.41. The van der Waals surface area contributed by atoms with E-state index in [1.165, 1.54) is 0 Å². The van der Waals surface area contributed by atoms with E-state index in [1.54, 1.807) is 0 Å². The highest BCUT2D eigenvalue weighted by molar-refractivity contribution is 6.54. The van der Waals surface area contributed by atoms with Gasteiger partial charge in [0.1, 0.15) is 0 Å². The van der Waals surface area contributed by atoms with Crippen molar-refractivity contribution in [1.29, 1.82) is 0 Å². The molecule has 8 atom stereocenters. The average molecular weight is 545 g/mol. The summed E-state index contributed by atoms with van der Waals surface area (Å²) in [5.74, 6) is 1.35. The topological polar surface area (TPSA) is 36.9 Å². The second kappa shape index (κ2) is 15.2. The zero-order valence-corrected chi connectivity index (χ0v) is 29.1. The third kappa shape index (κ3) is 9.03. The Morgan fingerprint density at radius 2 is 0.568 bits per heavy atom.